The lowest BCUT2D eigenvalue weighted by Crippen LogP contribution is -2.41. The molecule has 25 heteroatoms. The van der Waals surface area contributed by atoms with Crippen molar-refractivity contribution in [2.75, 3.05) is 33.7 Å². The van der Waals surface area contributed by atoms with Crippen LogP contribution in [0.4, 0.5) is 71.8 Å². The van der Waals surface area contributed by atoms with E-state index in [1.165, 1.54) is 50.5 Å². The van der Waals surface area contributed by atoms with E-state index in [1.54, 1.807) is 109 Å². The molecule has 4 heterocycles. The van der Waals surface area contributed by atoms with E-state index in [0.29, 0.717) is 22.8 Å². The summed E-state index contributed by atoms with van der Waals surface area (Å²) in [6.07, 6.45) is -3.79. The van der Waals surface area contributed by atoms with Crippen LogP contribution in [0.25, 0.3) is 12.2 Å². The Morgan fingerprint density at radius 1 is 0.355 bits per heavy atom. The highest BCUT2D eigenvalue weighted by atomic mass is 35.5. The van der Waals surface area contributed by atoms with Gasteiger partial charge in [0.15, 0.2) is 0 Å². The van der Waals surface area contributed by atoms with Gasteiger partial charge in [-0.15, -0.1) is 0 Å². The predicted octanol–water partition coefficient (Wildman–Crippen LogP) is 20.5. The SMILES string of the molecule is Cc1ccc(N(c2ccc(O)cc2)c2ccc(N3C(=O)c4ccc(C(C)(c5ccc6c(c5)C(=O)N(C)C6=O)C(F)(F)F)cc4C3=O)cc2)cc1.Cc1ccc(N(c2ccc(OC(=O)/C=C/c3ccccc3)cc2)c2ccc(N3C(=O)c4ccc(C(C)(c5ccc6c(c5)C(=O)N(C)C6=O)C(F)(F)F)cc4C3=O)cc2)cc1.O=C(Cl)/C=C/c1ccccc1. The number of hydrogen-bond donors (Lipinski definition) is 1. The maximum Gasteiger partial charge on any atom is 0.402 e. The Morgan fingerprint density at radius 3 is 0.950 bits per heavy atom. The fourth-order valence-corrected chi connectivity index (χ4v) is 14.6. The van der Waals surface area contributed by atoms with Gasteiger partial charge in [0.2, 0.25) is 5.24 Å². The number of nitrogens with zero attached hydrogens (tertiary/aromatic N) is 6. The number of imide groups is 4. The monoisotopic (exact) mass is 1650 g/mol. The number of ether oxygens (including phenoxy) is 1. The van der Waals surface area contributed by atoms with Gasteiger partial charge in [0, 0.05) is 54.3 Å². The highest BCUT2D eigenvalue weighted by Crippen LogP contribution is 2.51. The zero-order chi connectivity index (χ0) is 86.3. The van der Waals surface area contributed by atoms with Gasteiger partial charge < -0.3 is 19.6 Å². The van der Waals surface area contributed by atoms with Gasteiger partial charge in [-0.2, -0.15) is 26.3 Å². The summed E-state index contributed by atoms with van der Waals surface area (Å²) in [5.41, 5.74) is 1.29. The lowest BCUT2D eigenvalue weighted by molar-refractivity contribution is -0.173. The summed E-state index contributed by atoms with van der Waals surface area (Å²) < 4.78 is 95.8. The largest absolute Gasteiger partial charge is 0.508 e. The molecule has 1 N–H and O–H groups in total. The minimum absolute atomic E-state index is 0.00192. The molecule has 12 aromatic rings. The van der Waals surface area contributed by atoms with Gasteiger partial charge in [-0.25, -0.2) is 14.6 Å². The average Bonchev–Trinajstić information content (AvgIpc) is 1.71. The Balaban J connectivity index is 0.000000178. The number of benzene rings is 12. The Morgan fingerprint density at radius 2 is 0.628 bits per heavy atom. The van der Waals surface area contributed by atoms with E-state index in [9.17, 15) is 66.2 Å². The van der Waals surface area contributed by atoms with Gasteiger partial charge in [0.25, 0.3) is 47.3 Å². The summed E-state index contributed by atoms with van der Waals surface area (Å²) in [6.45, 7) is 5.80. The molecule has 121 heavy (non-hydrogen) atoms. The third-order valence-electron chi connectivity index (χ3n) is 21.6. The van der Waals surface area contributed by atoms with Crippen molar-refractivity contribution in [3.63, 3.8) is 0 Å². The molecule has 8 amide bonds. The number of fused-ring (bicyclic) bond motifs is 4. The van der Waals surface area contributed by atoms with Crippen molar-refractivity contribution in [1.82, 2.24) is 9.80 Å². The molecule has 12 aromatic carbocycles. The van der Waals surface area contributed by atoms with E-state index in [4.69, 9.17) is 16.3 Å². The van der Waals surface area contributed by atoms with E-state index in [1.807, 2.05) is 133 Å². The molecule has 4 aliphatic heterocycles. The van der Waals surface area contributed by atoms with Crippen LogP contribution < -0.4 is 24.3 Å². The molecule has 18 nitrogen and oxygen atoms in total. The maximum absolute atomic E-state index is 15.1. The molecule has 604 valence electrons. The minimum Gasteiger partial charge on any atom is -0.508 e. The van der Waals surface area contributed by atoms with Crippen molar-refractivity contribution < 1.29 is 84.1 Å². The topological polar surface area (TPSA) is 220 Å². The first-order chi connectivity index (χ1) is 57.6. The standard InChI is InChI=1S/C48H34F3N3O6.C39H28F3N3O5.C9H7ClO/c1-29-9-14-33(15-10-29)53(35-20-22-37(23-21-35)60-42(55)26-11-30-7-5-4-6-8-30)34-16-18-36(19-17-34)54-45(58)39-25-13-32(28-41(39)46(54)59)47(2,48(49,50)51)31-12-24-38-40(27-31)44(57)52(3)43(38)56;1-22-4-8-25(9-5-22)44(27-14-16-29(46)17-15-27)26-10-12-28(13-11-26)45-36(49)31-19-7-24(21-33(31)37(45)50)38(2,39(40,41)42)23-6-18-30-32(20-23)35(48)43(3)34(30)47;10-9(11)7-6-8-4-2-1-3-5-8/h4-28H,1-3H3;4-21,46H,1-3H3;1-7H/b26-11+;;7-6+. The van der Waals surface area contributed by atoms with Crippen molar-refractivity contribution in [2.45, 2.75) is 50.9 Å². The van der Waals surface area contributed by atoms with Crippen LogP contribution in [0.2, 0.25) is 0 Å². The van der Waals surface area contributed by atoms with E-state index in [-0.39, 0.29) is 83.9 Å². The molecular weight excluding hydrogens is 1580 g/mol. The molecule has 0 saturated heterocycles. The number of anilines is 8. The zero-order valence-corrected chi connectivity index (χ0v) is 65.9. The number of allylic oxidation sites excluding steroid dienone is 1. The summed E-state index contributed by atoms with van der Waals surface area (Å²) in [5.74, 6) is -5.73. The second kappa shape index (κ2) is 32.9. The number of carbonyl (C=O) groups is 10. The van der Waals surface area contributed by atoms with Crippen molar-refractivity contribution >= 4 is 128 Å². The van der Waals surface area contributed by atoms with E-state index >= 15 is 13.2 Å². The summed E-state index contributed by atoms with van der Waals surface area (Å²) in [5, 5.41) is 9.40. The summed E-state index contributed by atoms with van der Waals surface area (Å²) in [6, 6.07) is 74.8. The number of esters is 1. The predicted molar refractivity (Wildman–Crippen MR) is 447 cm³/mol. The third-order valence-corrected chi connectivity index (χ3v) is 21.7. The van der Waals surface area contributed by atoms with Crippen molar-refractivity contribution in [3.05, 3.63) is 380 Å². The summed E-state index contributed by atoms with van der Waals surface area (Å²) in [7, 11) is 2.51. The lowest BCUT2D eigenvalue weighted by Gasteiger charge is -2.33. The number of alkyl halides is 6. The molecular formula is C96H69ClF6N6O12. The quantitative estimate of drug-likeness (QED) is 0.0224. The molecule has 0 bridgehead atoms. The van der Waals surface area contributed by atoms with E-state index in [0.717, 1.165) is 121 Å². The molecule has 0 spiro atoms. The molecule has 0 saturated carbocycles. The number of carbonyl (C=O) groups excluding carboxylic acids is 10. The van der Waals surface area contributed by atoms with Gasteiger partial charge in [0.05, 0.1) is 55.9 Å². The van der Waals surface area contributed by atoms with Gasteiger partial charge in [0.1, 0.15) is 22.3 Å². The molecule has 0 aliphatic carbocycles. The van der Waals surface area contributed by atoms with Gasteiger partial charge in [-0.05, 0) is 255 Å². The summed E-state index contributed by atoms with van der Waals surface area (Å²) >= 11 is 5.10. The smallest absolute Gasteiger partial charge is 0.402 e. The molecule has 0 fully saturated rings. The van der Waals surface area contributed by atoms with Crippen LogP contribution in [0.3, 0.4) is 0 Å². The fourth-order valence-electron chi connectivity index (χ4n) is 14.6. The Bertz CT molecular complexity index is 6200. The van der Waals surface area contributed by atoms with Gasteiger partial charge >= 0.3 is 18.3 Å². The molecule has 2 unspecified atom stereocenters. The number of hydrogen-bond acceptors (Lipinski definition) is 14. The second-order valence-electron chi connectivity index (χ2n) is 29.1. The lowest BCUT2D eigenvalue weighted by atomic mass is 9.74. The van der Waals surface area contributed by atoms with Crippen LogP contribution in [0.1, 0.15) is 141 Å². The van der Waals surface area contributed by atoms with E-state index < -0.39 is 81.7 Å². The highest BCUT2D eigenvalue weighted by Gasteiger charge is 2.57. The second-order valence-corrected chi connectivity index (χ2v) is 29.5. The molecule has 4 aliphatic rings. The Kier molecular flexibility index (Phi) is 22.4. The van der Waals surface area contributed by atoms with Crippen molar-refractivity contribution in [3.8, 4) is 11.5 Å². The first-order valence-electron chi connectivity index (χ1n) is 37.5. The normalized spacial score (nSPS) is 14.6. The number of phenolic OH excluding ortho intramolecular Hbond substituents is 1. The van der Waals surface area contributed by atoms with E-state index in [2.05, 4.69) is 0 Å². The minimum atomic E-state index is -4.91. The first-order valence-corrected chi connectivity index (χ1v) is 37.9. The zero-order valence-electron chi connectivity index (χ0n) is 65.1. The highest BCUT2D eigenvalue weighted by molar-refractivity contribution is 6.66. The summed E-state index contributed by atoms with van der Waals surface area (Å²) in [4.78, 5) is 135. The number of rotatable bonds is 17. The maximum atomic E-state index is 15.1. The van der Waals surface area contributed by atoms with Gasteiger partial charge in [-0.3, -0.25) is 53.0 Å². The molecule has 16 rings (SSSR count). The first kappa shape index (κ1) is 82.6. The van der Waals surface area contributed by atoms with Crippen LogP contribution in [0.15, 0.2) is 291 Å². The molecule has 0 radical (unpaired) electrons. The van der Waals surface area contributed by atoms with Crippen LogP contribution in [0.5, 0.6) is 11.5 Å². The number of halogens is 7. The number of amides is 8. The molecule has 2 atom stereocenters. The van der Waals surface area contributed by atoms with Gasteiger partial charge in [-0.1, -0.05) is 126 Å². The Hall–Kier alpha value is -14.9. The van der Waals surface area contributed by atoms with Crippen LogP contribution in [0, 0.1) is 13.8 Å². The number of aryl methyl sites for hydroxylation is 2. The number of phenols is 1. The van der Waals surface area contributed by atoms with Crippen LogP contribution in [-0.4, -0.2) is 99.8 Å². The third kappa shape index (κ3) is 15.9. The molecule has 0 aromatic heterocycles. The Labute approximate surface area is 694 Å². The van der Waals surface area contributed by atoms with Crippen LogP contribution >= 0.6 is 11.6 Å². The fraction of sp³-hybridized carbons (Fsp3) is 0.104. The van der Waals surface area contributed by atoms with Crippen molar-refractivity contribution in [1.29, 1.82) is 0 Å². The van der Waals surface area contributed by atoms with Crippen molar-refractivity contribution in [2.24, 2.45) is 0 Å². The average molecular weight is 1650 g/mol. The number of aromatic hydroxyl groups is 1. The van der Waals surface area contributed by atoms with Crippen LogP contribution in [-0.2, 0) is 20.4 Å².